The van der Waals surface area contributed by atoms with Gasteiger partial charge in [0.2, 0.25) is 11.6 Å². The molecule has 0 amide bonds. The van der Waals surface area contributed by atoms with E-state index in [1.165, 1.54) is 6.08 Å². The Kier molecular flexibility index (Phi) is 2.91. The first-order valence-corrected chi connectivity index (χ1v) is 5.78. The van der Waals surface area contributed by atoms with Gasteiger partial charge in [-0.25, -0.2) is 0 Å². The first-order chi connectivity index (χ1) is 7.01. The van der Waals surface area contributed by atoms with E-state index in [1.807, 2.05) is 6.08 Å². The molecule has 2 nitrogen and oxygen atoms in total. The number of Topliss-reactive ketones (excluding diaryl/α,β-unsaturated/α-hetero) is 1. The number of hydrogen-bond acceptors (Lipinski definition) is 2. The molecular formula is C14H22O2. The van der Waals surface area contributed by atoms with E-state index in [2.05, 4.69) is 41.5 Å². The normalized spacial score (nSPS) is 21.4. The van der Waals surface area contributed by atoms with E-state index < -0.39 is 0 Å². The molecule has 90 valence electrons. The van der Waals surface area contributed by atoms with Gasteiger partial charge in [-0.05, 0) is 16.9 Å². The minimum absolute atomic E-state index is 0.0435. The van der Waals surface area contributed by atoms with Crippen LogP contribution in [-0.2, 0) is 9.59 Å². The summed E-state index contributed by atoms with van der Waals surface area (Å²) in [5, 5.41) is 0. The van der Waals surface area contributed by atoms with Gasteiger partial charge in [0.05, 0.1) is 0 Å². The van der Waals surface area contributed by atoms with E-state index in [4.69, 9.17) is 0 Å². The second-order valence-electron chi connectivity index (χ2n) is 6.77. The van der Waals surface area contributed by atoms with E-state index in [9.17, 15) is 9.59 Å². The number of carbonyl (C=O) groups is 2. The van der Waals surface area contributed by atoms with E-state index in [1.54, 1.807) is 0 Å². The third-order valence-electron chi connectivity index (χ3n) is 3.91. The summed E-state index contributed by atoms with van der Waals surface area (Å²) in [6.45, 7) is 12.8. The lowest BCUT2D eigenvalue weighted by atomic mass is 9.51. The molecule has 0 bridgehead atoms. The highest BCUT2D eigenvalue weighted by atomic mass is 16.2. The van der Waals surface area contributed by atoms with Gasteiger partial charge in [-0.15, -0.1) is 0 Å². The van der Waals surface area contributed by atoms with Crippen molar-refractivity contribution in [1.82, 2.24) is 0 Å². The molecule has 0 aromatic rings. The molecule has 0 aliphatic heterocycles. The first-order valence-electron chi connectivity index (χ1n) is 5.78. The molecule has 1 aliphatic rings. The van der Waals surface area contributed by atoms with Gasteiger partial charge in [0, 0.05) is 11.8 Å². The Hall–Kier alpha value is -0.920. The zero-order valence-electron chi connectivity index (χ0n) is 11.2. The molecule has 0 spiro atoms. The average molecular weight is 222 g/mol. The molecule has 1 rings (SSSR count). The third-order valence-corrected chi connectivity index (χ3v) is 3.91. The molecule has 0 radical (unpaired) electrons. The van der Waals surface area contributed by atoms with Crippen molar-refractivity contribution in [2.75, 3.05) is 0 Å². The monoisotopic (exact) mass is 222 g/mol. The Bertz CT molecular complexity index is 334. The summed E-state index contributed by atoms with van der Waals surface area (Å²) >= 11 is 0. The zero-order chi connectivity index (χ0) is 12.8. The van der Waals surface area contributed by atoms with Crippen LogP contribution in [0.4, 0.5) is 0 Å². The van der Waals surface area contributed by atoms with Crippen LogP contribution in [0.15, 0.2) is 12.2 Å². The molecule has 0 aromatic carbocycles. The second kappa shape index (κ2) is 3.54. The Labute approximate surface area is 98.1 Å². The standard InChI is InChI=1S/C14H22O2/c1-12(2,3)14(13(4,5)6)8-7-10(15)11(16)9-14/h7-8H,9H2,1-6H3. The lowest BCUT2D eigenvalue weighted by Crippen LogP contribution is -2.48. The van der Waals surface area contributed by atoms with Crippen LogP contribution >= 0.6 is 0 Å². The zero-order valence-corrected chi connectivity index (χ0v) is 11.2. The smallest absolute Gasteiger partial charge is 0.221 e. The van der Waals surface area contributed by atoms with E-state index in [-0.39, 0.29) is 27.8 Å². The van der Waals surface area contributed by atoms with Crippen molar-refractivity contribution >= 4 is 11.6 Å². The predicted octanol–water partition coefficient (Wildman–Crippen LogP) is 3.16. The Morgan fingerprint density at radius 1 is 1.00 bits per heavy atom. The number of allylic oxidation sites excluding steroid dienone is 2. The molecule has 0 atom stereocenters. The molecule has 16 heavy (non-hydrogen) atoms. The SMILES string of the molecule is CC(C)(C)C1(C(C)(C)C)C=CC(=O)C(=O)C1. The Balaban J connectivity index is 3.35. The van der Waals surface area contributed by atoms with Crippen LogP contribution in [0.25, 0.3) is 0 Å². The maximum absolute atomic E-state index is 11.7. The van der Waals surface area contributed by atoms with Crippen LogP contribution in [-0.4, -0.2) is 11.6 Å². The molecule has 0 saturated carbocycles. The highest BCUT2D eigenvalue weighted by Gasteiger charge is 2.51. The second-order valence-corrected chi connectivity index (χ2v) is 6.77. The van der Waals surface area contributed by atoms with Crippen LogP contribution < -0.4 is 0 Å². The van der Waals surface area contributed by atoms with Crippen molar-refractivity contribution in [2.24, 2.45) is 16.2 Å². The van der Waals surface area contributed by atoms with Gasteiger partial charge in [-0.3, -0.25) is 9.59 Å². The van der Waals surface area contributed by atoms with Crippen molar-refractivity contribution in [1.29, 1.82) is 0 Å². The molecule has 2 heteroatoms. The Morgan fingerprint density at radius 2 is 1.44 bits per heavy atom. The minimum atomic E-state index is -0.357. The number of rotatable bonds is 0. The van der Waals surface area contributed by atoms with E-state index in [0.29, 0.717) is 6.42 Å². The number of ketones is 2. The minimum Gasteiger partial charge on any atom is -0.290 e. The fraction of sp³-hybridized carbons (Fsp3) is 0.714. The largest absolute Gasteiger partial charge is 0.290 e. The lowest BCUT2D eigenvalue weighted by Gasteiger charge is -2.52. The van der Waals surface area contributed by atoms with Crippen molar-refractivity contribution in [2.45, 2.75) is 48.0 Å². The fourth-order valence-corrected chi connectivity index (χ4v) is 2.87. The molecule has 0 saturated heterocycles. The van der Waals surface area contributed by atoms with Crippen LogP contribution in [0.3, 0.4) is 0 Å². The van der Waals surface area contributed by atoms with Gasteiger partial charge in [0.25, 0.3) is 0 Å². The molecule has 0 N–H and O–H groups in total. The molecule has 0 fully saturated rings. The van der Waals surface area contributed by atoms with Crippen LogP contribution in [0.1, 0.15) is 48.0 Å². The molecule has 0 unspecified atom stereocenters. The topological polar surface area (TPSA) is 34.1 Å². The van der Waals surface area contributed by atoms with E-state index in [0.717, 1.165) is 0 Å². The summed E-state index contributed by atoms with van der Waals surface area (Å²) in [7, 11) is 0. The first kappa shape index (κ1) is 13.1. The molecule has 0 aromatic heterocycles. The lowest BCUT2D eigenvalue weighted by molar-refractivity contribution is -0.139. The Morgan fingerprint density at radius 3 is 1.75 bits per heavy atom. The summed E-state index contributed by atoms with van der Waals surface area (Å²) in [5.41, 5.74) is -0.332. The fourth-order valence-electron chi connectivity index (χ4n) is 2.87. The average Bonchev–Trinajstić information content (AvgIpc) is 2.05. The quantitative estimate of drug-likeness (QED) is 0.590. The maximum Gasteiger partial charge on any atom is 0.221 e. The van der Waals surface area contributed by atoms with Crippen molar-refractivity contribution in [3.05, 3.63) is 12.2 Å². The summed E-state index contributed by atoms with van der Waals surface area (Å²) in [4.78, 5) is 23.0. The van der Waals surface area contributed by atoms with Gasteiger partial charge in [0.15, 0.2) is 0 Å². The number of carbonyl (C=O) groups excluding carboxylic acids is 2. The third kappa shape index (κ3) is 1.85. The van der Waals surface area contributed by atoms with Crippen molar-refractivity contribution in [3.63, 3.8) is 0 Å². The van der Waals surface area contributed by atoms with Crippen molar-refractivity contribution in [3.8, 4) is 0 Å². The van der Waals surface area contributed by atoms with Crippen molar-refractivity contribution < 1.29 is 9.59 Å². The van der Waals surface area contributed by atoms with Gasteiger partial charge in [-0.2, -0.15) is 0 Å². The highest BCUT2D eigenvalue weighted by Crippen LogP contribution is 2.56. The summed E-state index contributed by atoms with van der Waals surface area (Å²) in [6.07, 6.45) is 3.74. The highest BCUT2D eigenvalue weighted by molar-refractivity contribution is 6.42. The van der Waals surface area contributed by atoms with Gasteiger partial charge >= 0.3 is 0 Å². The van der Waals surface area contributed by atoms with Crippen LogP contribution in [0, 0.1) is 16.2 Å². The summed E-state index contributed by atoms with van der Waals surface area (Å²) in [6, 6.07) is 0. The van der Waals surface area contributed by atoms with Gasteiger partial charge in [0.1, 0.15) is 0 Å². The molecule has 1 aliphatic carbocycles. The molecular weight excluding hydrogens is 200 g/mol. The maximum atomic E-state index is 11.7. The van der Waals surface area contributed by atoms with Crippen LogP contribution in [0.2, 0.25) is 0 Å². The molecule has 0 heterocycles. The van der Waals surface area contributed by atoms with E-state index >= 15 is 0 Å². The van der Waals surface area contributed by atoms with Gasteiger partial charge < -0.3 is 0 Å². The van der Waals surface area contributed by atoms with Gasteiger partial charge in [-0.1, -0.05) is 47.6 Å². The number of hydrogen-bond donors (Lipinski definition) is 0. The van der Waals surface area contributed by atoms with Crippen LogP contribution in [0.5, 0.6) is 0 Å². The summed E-state index contributed by atoms with van der Waals surface area (Å²) in [5.74, 6) is -0.614. The predicted molar refractivity (Wildman–Crippen MR) is 65.1 cm³/mol. The summed E-state index contributed by atoms with van der Waals surface area (Å²) < 4.78 is 0.